The minimum absolute atomic E-state index is 0. The van der Waals surface area contributed by atoms with Gasteiger partial charge in [-0.15, -0.1) is 0 Å². The average Bonchev–Trinajstić information content (AvgIpc) is 1.25. The minimum atomic E-state index is -1.75. The largest absolute Gasteiger partial charge is 2.00 e. The molecule has 12 nitrogen and oxygen atoms in total. The summed E-state index contributed by atoms with van der Waals surface area (Å²) in [5.41, 5.74) is 0. The van der Waals surface area contributed by atoms with Crippen LogP contribution in [0.4, 0.5) is 0 Å². The van der Waals surface area contributed by atoms with E-state index in [2.05, 4.69) is 0 Å². The first kappa shape index (κ1) is 58.7. The average molecular weight is 387 g/mol. The number of rotatable bonds is 0. The zero-order chi connectivity index (χ0) is 7.15. The van der Waals surface area contributed by atoms with Crippen molar-refractivity contribution >= 4 is 0 Å². The maximum Gasteiger partial charge on any atom is 2.00 e. The molecule has 0 heterocycles. The first-order chi connectivity index (χ1) is 3.46. The van der Waals surface area contributed by atoms with Gasteiger partial charge in [-0.2, -0.15) is 0 Å². The Kier molecular flexibility index (Phi) is 200. The van der Waals surface area contributed by atoms with E-state index in [9.17, 15) is 0 Å². The summed E-state index contributed by atoms with van der Waals surface area (Å²) >= 11 is 0. The first-order valence-corrected chi connectivity index (χ1v) is 1.10. The van der Waals surface area contributed by atoms with E-state index in [0.29, 0.717) is 0 Å². The minimum Gasteiger partial charge on any atom is -0.356 e. The van der Waals surface area contributed by atoms with Gasteiger partial charge in [-0.3, -0.25) is 0 Å². The molecule has 0 atom stereocenters. The molecule has 0 unspecified atom stereocenters. The van der Waals surface area contributed by atoms with Crippen LogP contribution in [0.5, 0.6) is 0 Å². The van der Waals surface area contributed by atoms with Crippen LogP contribution in [-0.4, -0.2) is 10.2 Å². The third-order valence-electron chi connectivity index (χ3n) is 0. The Morgan fingerprint density at radius 3 is 0.615 bits per heavy atom. The second-order valence-corrected chi connectivity index (χ2v) is 0.447. The van der Waals surface area contributed by atoms with Crippen molar-refractivity contribution in [3.8, 4) is 0 Å². The van der Waals surface area contributed by atoms with Gasteiger partial charge in [0.05, 0.1) is 10.2 Å². The summed E-state index contributed by atoms with van der Waals surface area (Å²) in [6.45, 7) is 0. The summed E-state index contributed by atoms with van der Waals surface area (Å²) in [5, 5.41) is 29.5. The number of hydrogen-bond acceptors (Lipinski definition) is 10. The number of hydrogen-bond donors (Lipinski definition) is 4. The van der Waals surface area contributed by atoms with Gasteiger partial charge in [0.1, 0.15) is 0 Å². The Balaban J connectivity index is -0.00000000800. The molecule has 0 saturated heterocycles. The molecule has 13 heteroatoms. The van der Waals surface area contributed by atoms with Gasteiger partial charge in [-0.05, 0) is 0 Å². The Bertz CT molecular complexity index is 75.1. The van der Waals surface area contributed by atoms with E-state index in [4.69, 9.17) is 30.6 Å². The summed E-state index contributed by atoms with van der Waals surface area (Å²) in [4.78, 5) is 16.5. The van der Waals surface area contributed by atoms with Gasteiger partial charge < -0.3 is 55.2 Å². The molecule has 0 spiro atoms. The molecule has 0 radical (unpaired) electrons. The molecular weight excluding hydrogens is 375 g/mol. The zero-order valence-corrected chi connectivity index (χ0v) is 8.76. The standard InChI is InChI=1S/2NO3.4H3N.Pt/c2*2-1(3)4;;;;;/h;;4*1H3;/q2*-1;;;;;+2. The van der Waals surface area contributed by atoms with Gasteiger partial charge >= 0.3 is 21.1 Å². The molecule has 0 aromatic carbocycles. The van der Waals surface area contributed by atoms with Crippen molar-refractivity contribution in [3.63, 3.8) is 0 Å². The smallest absolute Gasteiger partial charge is 0.356 e. The first-order valence-electron chi connectivity index (χ1n) is 1.10. The Labute approximate surface area is 87.1 Å². The zero-order valence-electron chi connectivity index (χ0n) is 6.49. The molecule has 0 aliphatic rings. The Morgan fingerprint density at radius 1 is 0.615 bits per heavy atom. The molecule has 88 valence electrons. The van der Waals surface area contributed by atoms with Gasteiger partial charge in [0.15, 0.2) is 0 Å². The van der Waals surface area contributed by atoms with Gasteiger partial charge in [0.25, 0.3) is 0 Å². The number of nitrogens with zero attached hydrogens (tertiary/aromatic N) is 2. The van der Waals surface area contributed by atoms with E-state index in [1.54, 1.807) is 0 Å². The van der Waals surface area contributed by atoms with Crippen LogP contribution in [0.25, 0.3) is 0 Å². The van der Waals surface area contributed by atoms with Crippen molar-refractivity contribution in [1.82, 2.24) is 24.6 Å². The van der Waals surface area contributed by atoms with Crippen LogP contribution in [0.2, 0.25) is 0 Å². The van der Waals surface area contributed by atoms with Crippen LogP contribution in [0.15, 0.2) is 0 Å². The third kappa shape index (κ3) is 758. The summed E-state index contributed by atoms with van der Waals surface area (Å²) in [7, 11) is 0. The van der Waals surface area contributed by atoms with Gasteiger partial charge in [-0.25, -0.2) is 0 Å². The van der Waals surface area contributed by atoms with E-state index in [0.717, 1.165) is 0 Å². The van der Waals surface area contributed by atoms with Crippen molar-refractivity contribution < 1.29 is 31.2 Å². The molecule has 12 N–H and O–H groups in total. The quantitative estimate of drug-likeness (QED) is 0.322. The fourth-order valence-electron chi connectivity index (χ4n) is 0. The van der Waals surface area contributed by atoms with Crippen molar-refractivity contribution in [2.75, 3.05) is 0 Å². The Morgan fingerprint density at radius 2 is 0.615 bits per heavy atom. The fourth-order valence-corrected chi connectivity index (χ4v) is 0. The van der Waals surface area contributed by atoms with Crippen LogP contribution < -0.4 is 24.6 Å². The van der Waals surface area contributed by atoms with Crippen LogP contribution in [0.3, 0.4) is 0 Å². The normalized spacial score (nSPS) is 3.69. The third-order valence-corrected chi connectivity index (χ3v) is 0. The fraction of sp³-hybridized carbons (Fsp3) is 0. The molecule has 0 fully saturated rings. The molecule has 0 bridgehead atoms. The van der Waals surface area contributed by atoms with Crippen LogP contribution in [-0.2, 0) is 21.1 Å². The second-order valence-electron chi connectivity index (χ2n) is 0.447. The van der Waals surface area contributed by atoms with E-state index in [-0.39, 0.29) is 45.7 Å². The maximum absolute atomic E-state index is 8.25. The van der Waals surface area contributed by atoms with E-state index >= 15 is 0 Å². The van der Waals surface area contributed by atoms with E-state index in [1.807, 2.05) is 0 Å². The van der Waals surface area contributed by atoms with Crippen LogP contribution >= 0.6 is 0 Å². The van der Waals surface area contributed by atoms with E-state index < -0.39 is 10.2 Å². The second kappa shape index (κ2) is 44.4. The monoisotopic (exact) mass is 387 g/mol. The molecule has 0 aliphatic heterocycles. The topological polar surface area (TPSA) is 272 Å². The van der Waals surface area contributed by atoms with Crippen LogP contribution in [0, 0.1) is 30.6 Å². The SMILES string of the molecule is N.N.N.N.O=[N+]([O-])[O-].O=[N+]([O-])[O-].[Pt+2]. The summed E-state index contributed by atoms with van der Waals surface area (Å²) in [6, 6.07) is 0. The molecule has 13 heavy (non-hydrogen) atoms. The molecule has 0 aromatic rings. The molecule has 0 amide bonds. The molecule has 0 aromatic heterocycles. The maximum atomic E-state index is 8.25. The van der Waals surface area contributed by atoms with Gasteiger partial charge in [-0.1, -0.05) is 0 Å². The summed E-state index contributed by atoms with van der Waals surface area (Å²) in [5.74, 6) is 0. The molecule has 0 aliphatic carbocycles. The van der Waals surface area contributed by atoms with Gasteiger partial charge in [0, 0.05) is 0 Å². The van der Waals surface area contributed by atoms with Crippen molar-refractivity contribution in [2.24, 2.45) is 0 Å². The van der Waals surface area contributed by atoms with Crippen LogP contribution in [0.1, 0.15) is 0 Å². The predicted molar refractivity (Wildman–Crippen MR) is 40.8 cm³/mol. The van der Waals surface area contributed by atoms with Crippen molar-refractivity contribution in [1.29, 1.82) is 0 Å². The van der Waals surface area contributed by atoms with E-state index in [1.165, 1.54) is 0 Å². The Hall–Kier alpha value is -1.07. The molecular formula is H12N6O6Pt. The predicted octanol–water partition coefficient (Wildman–Crippen LogP) is 0.167. The summed E-state index contributed by atoms with van der Waals surface area (Å²) < 4.78 is 0. The van der Waals surface area contributed by atoms with Crippen molar-refractivity contribution in [3.05, 3.63) is 30.6 Å². The molecule has 0 rings (SSSR count). The summed E-state index contributed by atoms with van der Waals surface area (Å²) in [6.07, 6.45) is 0. The van der Waals surface area contributed by atoms with Crippen molar-refractivity contribution in [2.45, 2.75) is 0 Å². The van der Waals surface area contributed by atoms with Gasteiger partial charge in [0.2, 0.25) is 0 Å². The molecule has 0 saturated carbocycles.